The van der Waals surface area contributed by atoms with Gasteiger partial charge in [-0.25, -0.2) is 14.8 Å². The molecule has 0 atom stereocenters. The van der Waals surface area contributed by atoms with Gasteiger partial charge in [-0.1, -0.05) is 11.3 Å². The maximum Gasteiger partial charge on any atom is 0.352 e. The van der Waals surface area contributed by atoms with Gasteiger partial charge in [0.25, 0.3) is 5.91 Å². The number of anilines is 2. The number of amides is 1. The van der Waals surface area contributed by atoms with Crippen LogP contribution in [0.2, 0.25) is 0 Å². The molecule has 3 aromatic heterocycles. The lowest BCUT2D eigenvalue weighted by Crippen LogP contribution is -2.28. The van der Waals surface area contributed by atoms with Gasteiger partial charge in [-0.05, 0) is 61.2 Å². The Bertz CT molecular complexity index is 1760. The van der Waals surface area contributed by atoms with Gasteiger partial charge in [0.2, 0.25) is 0 Å². The molecule has 2 N–H and O–H groups in total. The van der Waals surface area contributed by atoms with Gasteiger partial charge < -0.3 is 19.9 Å². The predicted molar refractivity (Wildman–Crippen MR) is 148 cm³/mol. The van der Waals surface area contributed by atoms with Gasteiger partial charge in [0, 0.05) is 36.2 Å². The lowest BCUT2D eigenvalue weighted by atomic mass is 10.1. The van der Waals surface area contributed by atoms with Crippen molar-refractivity contribution in [1.29, 1.82) is 0 Å². The van der Waals surface area contributed by atoms with Crippen LogP contribution in [0, 0.1) is 0 Å². The van der Waals surface area contributed by atoms with Crippen molar-refractivity contribution in [3.8, 4) is 0 Å². The van der Waals surface area contributed by atoms with Crippen molar-refractivity contribution in [2.24, 2.45) is 10.2 Å². The van der Waals surface area contributed by atoms with E-state index in [4.69, 9.17) is 0 Å². The van der Waals surface area contributed by atoms with Crippen molar-refractivity contribution in [2.75, 3.05) is 29.4 Å². The van der Waals surface area contributed by atoms with Crippen molar-refractivity contribution in [3.05, 3.63) is 58.9 Å². The topological polar surface area (TPSA) is 127 Å². The Labute approximate surface area is 224 Å². The number of aromatic nitrogens is 3. The van der Waals surface area contributed by atoms with E-state index in [1.165, 1.54) is 35.5 Å². The first-order valence-electron chi connectivity index (χ1n) is 12.3. The standard InChI is InChI=1S/C26H21N7O3S2/c34-24(33-10-7-15-16-12-19(25(35)36)28-17(16)5-6-20(15)33)23-29-18-4-3-14(11-21(18)37-23)30-31-22-13-27-26(38-22)32-8-1-2-9-32/h3-6,11-13,28H,1-2,7-10H2,(H,35,36). The first kappa shape index (κ1) is 23.0. The number of carbonyl (C=O) groups excluding carboxylic acids is 1. The van der Waals surface area contributed by atoms with Gasteiger partial charge in [-0.3, -0.25) is 4.79 Å². The summed E-state index contributed by atoms with van der Waals surface area (Å²) in [6.07, 6.45) is 4.80. The number of nitrogens with zero attached hydrogens (tertiary/aromatic N) is 6. The van der Waals surface area contributed by atoms with Gasteiger partial charge in [0.1, 0.15) is 5.69 Å². The van der Waals surface area contributed by atoms with E-state index >= 15 is 0 Å². The summed E-state index contributed by atoms with van der Waals surface area (Å²) in [5.74, 6) is -1.17. The van der Waals surface area contributed by atoms with Crippen LogP contribution in [0.4, 0.5) is 21.5 Å². The Morgan fingerprint density at radius 3 is 2.74 bits per heavy atom. The maximum atomic E-state index is 13.5. The van der Waals surface area contributed by atoms with E-state index in [2.05, 4.69) is 30.1 Å². The quantitative estimate of drug-likeness (QED) is 0.256. The number of carbonyl (C=O) groups is 2. The Hall–Kier alpha value is -4.16. The molecule has 2 aromatic carbocycles. The Morgan fingerprint density at radius 1 is 1.03 bits per heavy atom. The lowest BCUT2D eigenvalue weighted by molar-refractivity contribution is 0.0691. The molecule has 1 fully saturated rings. The van der Waals surface area contributed by atoms with Crippen LogP contribution in [0.5, 0.6) is 0 Å². The molecule has 2 aliphatic heterocycles. The molecule has 0 aliphatic carbocycles. The second-order valence-corrected chi connectivity index (χ2v) is 11.3. The average molecular weight is 544 g/mol. The van der Waals surface area contributed by atoms with Crippen LogP contribution in [0.25, 0.3) is 21.1 Å². The van der Waals surface area contributed by atoms with Crippen molar-refractivity contribution < 1.29 is 14.7 Å². The highest BCUT2D eigenvalue weighted by molar-refractivity contribution is 7.20. The summed E-state index contributed by atoms with van der Waals surface area (Å²) < 4.78 is 0.860. The summed E-state index contributed by atoms with van der Waals surface area (Å²) >= 11 is 2.87. The van der Waals surface area contributed by atoms with E-state index in [0.29, 0.717) is 23.7 Å². The summed E-state index contributed by atoms with van der Waals surface area (Å²) in [5.41, 5.74) is 4.08. The minimum absolute atomic E-state index is 0.139. The summed E-state index contributed by atoms with van der Waals surface area (Å²) in [6.45, 7) is 2.60. The second kappa shape index (κ2) is 8.99. The monoisotopic (exact) mass is 543 g/mol. The first-order valence-corrected chi connectivity index (χ1v) is 13.9. The van der Waals surface area contributed by atoms with Crippen molar-refractivity contribution in [1.82, 2.24) is 15.0 Å². The van der Waals surface area contributed by atoms with Crippen molar-refractivity contribution in [2.45, 2.75) is 19.3 Å². The highest BCUT2D eigenvalue weighted by Gasteiger charge is 2.29. The van der Waals surface area contributed by atoms with E-state index in [1.54, 1.807) is 17.2 Å². The molecule has 0 radical (unpaired) electrons. The van der Waals surface area contributed by atoms with Gasteiger partial charge in [-0.2, -0.15) is 0 Å². The zero-order valence-electron chi connectivity index (χ0n) is 20.0. The number of carboxylic acid groups (broad SMARTS) is 1. The molecule has 0 unspecified atom stereocenters. The smallest absolute Gasteiger partial charge is 0.352 e. The number of hydrogen-bond acceptors (Lipinski definition) is 9. The van der Waals surface area contributed by atoms with E-state index in [-0.39, 0.29) is 11.6 Å². The largest absolute Gasteiger partial charge is 0.477 e. The molecular weight excluding hydrogens is 522 g/mol. The molecule has 10 nitrogen and oxygen atoms in total. The van der Waals surface area contributed by atoms with Crippen LogP contribution in [0.3, 0.4) is 0 Å². The normalized spacial score (nSPS) is 15.4. The molecule has 5 aromatic rings. The molecule has 7 rings (SSSR count). The summed E-state index contributed by atoms with van der Waals surface area (Å²) in [5, 5.41) is 21.1. The molecule has 1 amide bonds. The lowest BCUT2D eigenvalue weighted by Gasteiger charge is -2.15. The third kappa shape index (κ3) is 3.92. The molecule has 0 saturated carbocycles. The number of rotatable bonds is 5. The third-order valence-electron chi connectivity index (χ3n) is 6.92. The van der Waals surface area contributed by atoms with Gasteiger partial charge in [0.05, 0.1) is 22.1 Å². The van der Waals surface area contributed by atoms with Crippen LogP contribution in [-0.2, 0) is 6.42 Å². The van der Waals surface area contributed by atoms with Gasteiger partial charge in [-0.15, -0.1) is 21.6 Å². The molecule has 0 bridgehead atoms. The SMILES string of the molecule is O=C(O)c1cc2c3c(ccc2[nH]1)N(C(=O)c1nc2ccc(N=Nc4cnc(N5CCCC5)s4)cc2s1)CC3. The number of carboxylic acids is 1. The summed E-state index contributed by atoms with van der Waals surface area (Å²) in [4.78, 5) is 40.8. The Morgan fingerprint density at radius 2 is 1.89 bits per heavy atom. The maximum absolute atomic E-state index is 13.5. The number of aromatic carboxylic acids is 1. The summed E-state index contributed by atoms with van der Waals surface area (Å²) in [6, 6.07) is 10.9. The van der Waals surface area contributed by atoms with Crippen molar-refractivity contribution in [3.63, 3.8) is 0 Å². The number of thiazole rings is 2. The van der Waals surface area contributed by atoms with Gasteiger partial charge >= 0.3 is 5.97 Å². The Kier molecular flexibility index (Phi) is 5.44. The minimum Gasteiger partial charge on any atom is -0.477 e. The van der Waals surface area contributed by atoms with Crippen LogP contribution >= 0.6 is 22.7 Å². The molecule has 12 heteroatoms. The first-order chi connectivity index (χ1) is 18.5. The van der Waals surface area contributed by atoms with E-state index < -0.39 is 5.97 Å². The van der Waals surface area contributed by atoms with Crippen LogP contribution in [0.1, 0.15) is 38.7 Å². The fourth-order valence-corrected chi connectivity index (χ4v) is 6.82. The number of fused-ring (bicyclic) bond motifs is 4. The van der Waals surface area contributed by atoms with Gasteiger partial charge in [0.15, 0.2) is 15.1 Å². The third-order valence-corrected chi connectivity index (χ3v) is 8.87. The minimum atomic E-state index is -1.01. The fraction of sp³-hybridized carbons (Fsp3) is 0.231. The number of hydrogen-bond donors (Lipinski definition) is 2. The number of azo groups is 1. The molecule has 0 spiro atoms. The second-order valence-electron chi connectivity index (χ2n) is 9.27. The predicted octanol–water partition coefficient (Wildman–Crippen LogP) is 6.15. The molecule has 38 heavy (non-hydrogen) atoms. The number of aromatic amines is 1. The fourth-order valence-electron chi connectivity index (χ4n) is 5.09. The highest BCUT2D eigenvalue weighted by Crippen LogP contribution is 2.37. The van der Waals surface area contributed by atoms with E-state index in [9.17, 15) is 14.7 Å². The number of nitrogens with one attached hydrogen (secondary N) is 1. The molecule has 5 heterocycles. The zero-order chi connectivity index (χ0) is 25.8. The van der Waals surface area contributed by atoms with E-state index in [0.717, 1.165) is 55.6 Å². The van der Waals surface area contributed by atoms with Crippen LogP contribution in [-0.4, -0.2) is 51.6 Å². The molecule has 190 valence electrons. The highest BCUT2D eigenvalue weighted by atomic mass is 32.1. The average Bonchev–Trinajstić information content (AvgIpc) is 3.74. The summed E-state index contributed by atoms with van der Waals surface area (Å²) in [7, 11) is 0. The zero-order valence-corrected chi connectivity index (χ0v) is 21.7. The number of H-pyrrole nitrogens is 1. The van der Waals surface area contributed by atoms with Crippen molar-refractivity contribution >= 4 is 77.2 Å². The number of benzene rings is 2. The Balaban J connectivity index is 1.12. The molecule has 1 saturated heterocycles. The van der Waals surface area contributed by atoms with Crippen LogP contribution < -0.4 is 9.80 Å². The molecular formula is C26H21N7O3S2. The van der Waals surface area contributed by atoms with E-state index in [1.807, 2.05) is 30.3 Å². The van der Waals surface area contributed by atoms with Crippen LogP contribution in [0.15, 0.2) is 52.8 Å². The molecule has 2 aliphatic rings.